The van der Waals surface area contributed by atoms with Crippen LogP contribution in [0.15, 0.2) is 0 Å². The summed E-state index contributed by atoms with van der Waals surface area (Å²) in [6.07, 6.45) is 3.25. The SMILES string of the molecule is COCCSCC(=O)NC1CCC(O)CC1. The van der Waals surface area contributed by atoms with Crippen molar-refractivity contribution in [3.63, 3.8) is 0 Å². The summed E-state index contributed by atoms with van der Waals surface area (Å²) in [5.74, 6) is 1.46. The van der Waals surface area contributed by atoms with Crippen molar-refractivity contribution in [2.75, 3.05) is 25.2 Å². The van der Waals surface area contributed by atoms with Crippen LogP contribution in [0.3, 0.4) is 0 Å². The van der Waals surface area contributed by atoms with Crippen molar-refractivity contribution < 1.29 is 14.6 Å². The molecule has 2 N–H and O–H groups in total. The minimum atomic E-state index is -0.163. The highest BCUT2D eigenvalue weighted by Crippen LogP contribution is 2.18. The Kier molecular flexibility index (Phi) is 6.84. The molecule has 1 rings (SSSR count). The molecule has 16 heavy (non-hydrogen) atoms. The zero-order valence-corrected chi connectivity index (χ0v) is 10.6. The van der Waals surface area contributed by atoms with Gasteiger partial charge in [0, 0.05) is 18.9 Å². The molecule has 1 aliphatic carbocycles. The Morgan fingerprint density at radius 2 is 2.12 bits per heavy atom. The molecular weight excluding hydrogens is 226 g/mol. The van der Waals surface area contributed by atoms with Crippen LogP contribution in [0.1, 0.15) is 25.7 Å². The Bertz CT molecular complexity index is 205. The average Bonchev–Trinajstić information content (AvgIpc) is 2.28. The van der Waals surface area contributed by atoms with Crippen molar-refractivity contribution in [2.45, 2.75) is 37.8 Å². The number of carbonyl (C=O) groups excluding carboxylic acids is 1. The van der Waals surface area contributed by atoms with Gasteiger partial charge < -0.3 is 15.2 Å². The standard InChI is InChI=1S/C11H21NO3S/c1-15-6-7-16-8-11(14)12-9-2-4-10(13)5-3-9/h9-10,13H,2-8H2,1H3,(H,12,14). The van der Waals surface area contributed by atoms with E-state index in [1.165, 1.54) is 0 Å². The number of aliphatic hydroxyl groups is 1. The lowest BCUT2D eigenvalue weighted by Crippen LogP contribution is -2.39. The average molecular weight is 247 g/mol. The number of hydrogen-bond donors (Lipinski definition) is 2. The number of hydrogen-bond acceptors (Lipinski definition) is 4. The summed E-state index contributed by atoms with van der Waals surface area (Å²) in [4.78, 5) is 11.5. The normalized spacial score (nSPS) is 25.4. The fourth-order valence-electron chi connectivity index (χ4n) is 1.80. The van der Waals surface area contributed by atoms with Crippen molar-refractivity contribution in [3.05, 3.63) is 0 Å². The van der Waals surface area contributed by atoms with Gasteiger partial charge in [-0.1, -0.05) is 0 Å². The first kappa shape index (κ1) is 13.8. The number of carbonyl (C=O) groups is 1. The number of methoxy groups -OCH3 is 1. The molecule has 4 nitrogen and oxygen atoms in total. The third-order valence-electron chi connectivity index (χ3n) is 2.73. The van der Waals surface area contributed by atoms with E-state index in [1.807, 2.05) is 0 Å². The first-order chi connectivity index (χ1) is 7.72. The van der Waals surface area contributed by atoms with Crippen LogP contribution in [0.4, 0.5) is 0 Å². The lowest BCUT2D eigenvalue weighted by atomic mass is 9.93. The second kappa shape index (κ2) is 7.92. The highest BCUT2D eigenvalue weighted by atomic mass is 32.2. The van der Waals surface area contributed by atoms with Crippen LogP contribution in [0.25, 0.3) is 0 Å². The third-order valence-corrected chi connectivity index (χ3v) is 3.65. The summed E-state index contributed by atoms with van der Waals surface area (Å²) in [6.45, 7) is 0.688. The Hall–Kier alpha value is -0.260. The number of amides is 1. The maximum Gasteiger partial charge on any atom is 0.230 e. The molecule has 0 unspecified atom stereocenters. The fraction of sp³-hybridized carbons (Fsp3) is 0.909. The Balaban J connectivity index is 2.05. The van der Waals surface area contributed by atoms with Gasteiger partial charge in [-0.3, -0.25) is 4.79 Å². The Morgan fingerprint density at radius 3 is 2.75 bits per heavy atom. The van der Waals surface area contributed by atoms with Gasteiger partial charge in [-0.15, -0.1) is 11.8 Å². The second-order valence-corrected chi connectivity index (χ2v) is 5.22. The number of rotatable bonds is 6. The Labute approximate surface area is 101 Å². The summed E-state index contributed by atoms with van der Waals surface area (Å²) in [5.41, 5.74) is 0. The first-order valence-electron chi connectivity index (χ1n) is 5.76. The Morgan fingerprint density at radius 1 is 1.44 bits per heavy atom. The number of ether oxygens (including phenoxy) is 1. The predicted molar refractivity (Wildman–Crippen MR) is 65.6 cm³/mol. The molecule has 94 valence electrons. The van der Waals surface area contributed by atoms with E-state index in [0.29, 0.717) is 12.4 Å². The van der Waals surface area contributed by atoms with Crippen LogP contribution in [-0.2, 0) is 9.53 Å². The van der Waals surface area contributed by atoms with E-state index in [2.05, 4.69) is 5.32 Å². The third kappa shape index (κ3) is 5.72. The van der Waals surface area contributed by atoms with Crippen LogP contribution >= 0.6 is 11.8 Å². The van der Waals surface area contributed by atoms with Gasteiger partial charge in [-0.25, -0.2) is 0 Å². The van der Waals surface area contributed by atoms with E-state index in [0.717, 1.165) is 31.4 Å². The zero-order chi connectivity index (χ0) is 11.8. The van der Waals surface area contributed by atoms with E-state index < -0.39 is 0 Å². The molecule has 0 saturated heterocycles. The lowest BCUT2D eigenvalue weighted by Gasteiger charge is -2.26. The lowest BCUT2D eigenvalue weighted by molar-refractivity contribution is -0.119. The van der Waals surface area contributed by atoms with Crippen molar-refractivity contribution in [2.24, 2.45) is 0 Å². The van der Waals surface area contributed by atoms with Gasteiger partial charge in [0.2, 0.25) is 5.91 Å². The van der Waals surface area contributed by atoms with E-state index in [1.54, 1.807) is 18.9 Å². The molecule has 1 amide bonds. The molecule has 0 aromatic rings. The molecule has 0 aromatic carbocycles. The molecule has 0 radical (unpaired) electrons. The predicted octanol–water partition coefficient (Wildman–Crippen LogP) is 0.786. The highest BCUT2D eigenvalue weighted by Gasteiger charge is 2.20. The van der Waals surface area contributed by atoms with Crippen molar-refractivity contribution in [1.82, 2.24) is 5.32 Å². The van der Waals surface area contributed by atoms with E-state index in [9.17, 15) is 9.90 Å². The summed E-state index contributed by atoms with van der Waals surface area (Å²) in [7, 11) is 1.66. The zero-order valence-electron chi connectivity index (χ0n) is 9.78. The maximum atomic E-state index is 11.5. The van der Waals surface area contributed by atoms with Crippen LogP contribution in [-0.4, -0.2) is 48.4 Å². The molecule has 1 saturated carbocycles. The molecule has 0 spiro atoms. The van der Waals surface area contributed by atoms with Gasteiger partial charge in [-0.05, 0) is 25.7 Å². The molecule has 1 aliphatic rings. The smallest absolute Gasteiger partial charge is 0.230 e. The quantitative estimate of drug-likeness (QED) is 0.681. The molecule has 0 bridgehead atoms. The fourth-order valence-corrected chi connectivity index (χ4v) is 2.49. The molecule has 1 fully saturated rings. The molecule has 0 aliphatic heterocycles. The number of nitrogens with one attached hydrogen (secondary N) is 1. The monoisotopic (exact) mass is 247 g/mol. The van der Waals surface area contributed by atoms with E-state index in [4.69, 9.17) is 4.74 Å². The van der Waals surface area contributed by atoms with Gasteiger partial charge in [0.1, 0.15) is 0 Å². The van der Waals surface area contributed by atoms with Gasteiger partial charge in [0.15, 0.2) is 0 Å². The molecule has 0 aromatic heterocycles. The highest BCUT2D eigenvalue weighted by molar-refractivity contribution is 7.99. The van der Waals surface area contributed by atoms with Gasteiger partial charge >= 0.3 is 0 Å². The van der Waals surface area contributed by atoms with Crippen LogP contribution < -0.4 is 5.32 Å². The number of aliphatic hydroxyl groups excluding tert-OH is 1. The molecular formula is C11H21NO3S. The van der Waals surface area contributed by atoms with Gasteiger partial charge in [0.05, 0.1) is 18.5 Å². The summed E-state index contributed by atoms with van der Waals surface area (Å²) < 4.78 is 4.91. The number of thioether (sulfide) groups is 1. The topological polar surface area (TPSA) is 58.6 Å². The molecule has 0 heterocycles. The van der Waals surface area contributed by atoms with E-state index >= 15 is 0 Å². The summed E-state index contributed by atoms with van der Waals surface area (Å²) in [6, 6.07) is 0.263. The molecule has 0 atom stereocenters. The van der Waals surface area contributed by atoms with Crippen molar-refractivity contribution in [1.29, 1.82) is 0 Å². The van der Waals surface area contributed by atoms with Crippen LogP contribution in [0, 0.1) is 0 Å². The maximum absolute atomic E-state index is 11.5. The first-order valence-corrected chi connectivity index (χ1v) is 6.92. The van der Waals surface area contributed by atoms with Crippen molar-refractivity contribution in [3.8, 4) is 0 Å². The minimum absolute atomic E-state index is 0.0995. The van der Waals surface area contributed by atoms with Crippen molar-refractivity contribution >= 4 is 17.7 Å². The van der Waals surface area contributed by atoms with Gasteiger partial charge in [0.25, 0.3) is 0 Å². The second-order valence-electron chi connectivity index (χ2n) is 4.12. The van der Waals surface area contributed by atoms with Crippen LogP contribution in [0.5, 0.6) is 0 Å². The van der Waals surface area contributed by atoms with Crippen LogP contribution in [0.2, 0.25) is 0 Å². The largest absolute Gasteiger partial charge is 0.393 e. The summed E-state index contributed by atoms with van der Waals surface area (Å²) in [5, 5.41) is 12.3. The summed E-state index contributed by atoms with van der Waals surface area (Å²) >= 11 is 1.59. The molecule has 5 heteroatoms. The van der Waals surface area contributed by atoms with Gasteiger partial charge in [-0.2, -0.15) is 0 Å². The minimum Gasteiger partial charge on any atom is -0.393 e. The van der Waals surface area contributed by atoms with E-state index in [-0.39, 0.29) is 18.1 Å².